The van der Waals surface area contributed by atoms with E-state index in [0.717, 1.165) is 16.8 Å². The van der Waals surface area contributed by atoms with Crippen molar-refractivity contribution in [2.45, 2.75) is 19.9 Å². The number of nitrogens with two attached hydrogens (primary N) is 1. The smallest absolute Gasteiger partial charge is 0.252 e. The zero-order valence-corrected chi connectivity index (χ0v) is 10.9. The number of nitrogens with one attached hydrogen (secondary N) is 3. The molecule has 2 rings (SSSR count). The van der Waals surface area contributed by atoms with Crippen molar-refractivity contribution in [3.63, 3.8) is 0 Å². The summed E-state index contributed by atoms with van der Waals surface area (Å²) in [6, 6.07) is 5.25. The van der Waals surface area contributed by atoms with Crippen LogP contribution in [-0.2, 0) is 0 Å². The number of H-pyrrole nitrogens is 1. The largest absolute Gasteiger partial charge is 0.345 e. The van der Waals surface area contributed by atoms with Gasteiger partial charge in [-0.1, -0.05) is 0 Å². The third kappa shape index (κ3) is 2.92. The van der Waals surface area contributed by atoms with Crippen LogP contribution in [0.15, 0.2) is 30.6 Å². The third-order valence-corrected chi connectivity index (χ3v) is 3.00. The molecule has 0 aliphatic rings. The lowest BCUT2D eigenvalue weighted by molar-refractivity contribution is 0.0939. The predicted octanol–water partition coefficient (Wildman–Crippen LogP) is 1.49. The number of carbonyl (C=O) groups is 1. The molecule has 0 saturated carbocycles. The summed E-state index contributed by atoms with van der Waals surface area (Å²) in [5, 5.41) is 9.52. The van der Waals surface area contributed by atoms with Gasteiger partial charge < -0.3 is 10.7 Å². The molecule has 0 spiro atoms. The number of hydrogen-bond acceptors (Lipinski definition) is 4. The summed E-state index contributed by atoms with van der Waals surface area (Å²) in [5.41, 5.74) is 5.77. The van der Waals surface area contributed by atoms with Crippen molar-refractivity contribution < 1.29 is 4.79 Å². The van der Waals surface area contributed by atoms with Gasteiger partial charge >= 0.3 is 0 Å². The van der Waals surface area contributed by atoms with Crippen molar-refractivity contribution in [1.82, 2.24) is 15.5 Å². The first-order valence-corrected chi connectivity index (χ1v) is 5.98. The molecule has 2 aromatic rings. The van der Waals surface area contributed by atoms with Crippen LogP contribution in [0.5, 0.6) is 0 Å². The first-order chi connectivity index (χ1) is 9.11. The molecule has 100 valence electrons. The summed E-state index contributed by atoms with van der Waals surface area (Å²) in [6.07, 6.45) is 3.46. The van der Waals surface area contributed by atoms with Gasteiger partial charge in [0.1, 0.15) is 0 Å². The molecule has 19 heavy (non-hydrogen) atoms. The number of benzene rings is 1. The minimum atomic E-state index is -0.116. The highest BCUT2D eigenvalue weighted by Crippen LogP contribution is 2.16. The molecule has 1 atom stereocenters. The van der Waals surface area contributed by atoms with E-state index in [2.05, 4.69) is 20.9 Å². The first-order valence-electron chi connectivity index (χ1n) is 5.98. The molecule has 0 fully saturated rings. The highest BCUT2D eigenvalue weighted by atomic mass is 16.1. The molecular weight excluding hydrogens is 242 g/mol. The van der Waals surface area contributed by atoms with Crippen molar-refractivity contribution in [1.29, 1.82) is 0 Å². The fourth-order valence-corrected chi connectivity index (χ4v) is 1.86. The molecule has 5 N–H and O–H groups in total. The second-order valence-electron chi connectivity index (χ2n) is 4.40. The zero-order chi connectivity index (χ0) is 13.8. The number of hydrogen-bond donors (Lipinski definition) is 4. The molecule has 0 radical (unpaired) electrons. The molecule has 0 aliphatic heterocycles. The Morgan fingerprint density at radius 3 is 2.84 bits per heavy atom. The summed E-state index contributed by atoms with van der Waals surface area (Å²) in [4.78, 5) is 12.2. The average molecular weight is 259 g/mol. The molecule has 0 aliphatic carbocycles. The van der Waals surface area contributed by atoms with E-state index in [-0.39, 0.29) is 11.9 Å². The van der Waals surface area contributed by atoms with E-state index in [1.54, 1.807) is 24.5 Å². The second-order valence-corrected chi connectivity index (χ2v) is 4.40. The van der Waals surface area contributed by atoms with Crippen molar-refractivity contribution in [2.75, 3.05) is 5.43 Å². The number of nitrogens with zero attached hydrogens (tertiary/aromatic N) is 1. The molecule has 1 aromatic carbocycles. The topological polar surface area (TPSA) is 95.8 Å². The molecule has 0 saturated heterocycles. The van der Waals surface area contributed by atoms with Crippen LogP contribution in [0.3, 0.4) is 0 Å². The first kappa shape index (κ1) is 13.1. The van der Waals surface area contributed by atoms with Crippen LogP contribution in [0.4, 0.5) is 5.69 Å². The van der Waals surface area contributed by atoms with Crippen LogP contribution in [0.2, 0.25) is 0 Å². The van der Waals surface area contributed by atoms with E-state index in [0.29, 0.717) is 5.56 Å². The Labute approximate surface area is 111 Å². The van der Waals surface area contributed by atoms with E-state index in [4.69, 9.17) is 5.84 Å². The van der Waals surface area contributed by atoms with Crippen molar-refractivity contribution >= 4 is 11.6 Å². The molecule has 6 nitrogen and oxygen atoms in total. The number of nitrogen functional groups attached to an aromatic ring is 1. The molecular formula is C13H17N5O. The van der Waals surface area contributed by atoms with Gasteiger partial charge in [0.05, 0.1) is 12.2 Å². The molecule has 6 heteroatoms. The van der Waals surface area contributed by atoms with Crippen molar-refractivity contribution in [3.05, 3.63) is 47.3 Å². The molecule has 1 unspecified atom stereocenters. The van der Waals surface area contributed by atoms with E-state index in [1.165, 1.54) is 0 Å². The van der Waals surface area contributed by atoms with Crippen LogP contribution < -0.4 is 16.6 Å². The Hall–Kier alpha value is -2.34. The van der Waals surface area contributed by atoms with Gasteiger partial charge in [0.15, 0.2) is 0 Å². The van der Waals surface area contributed by atoms with Gasteiger partial charge in [-0.15, -0.1) is 0 Å². The Bertz CT molecular complexity index is 564. The van der Waals surface area contributed by atoms with Gasteiger partial charge in [-0.3, -0.25) is 15.7 Å². The number of anilines is 1. The van der Waals surface area contributed by atoms with Crippen LogP contribution in [0, 0.1) is 6.92 Å². The van der Waals surface area contributed by atoms with E-state index >= 15 is 0 Å². The number of carbonyl (C=O) groups excluding carboxylic acids is 1. The normalized spacial score (nSPS) is 11.9. The number of amides is 1. The Morgan fingerprint density at radius 1 is 1.47 bits per heavy atom. The lowest BCUT2D eigenvalue weighted by atomic mass is 10.1. The number of aryl methyl sites for hydroxylation is 1. The minimum Gasteiger partial charge on any atom is -0.345 e. The van der Waals surface area contributed by atoms with Gasteiger partial charge in [-0.25, -0.2) is 0 Å². The Morgan fingerprint density at radius 2 is 2.26 bits per heavy atom. The summed E-state index contributed by atoms with van der Waals surface area (Å²) in [6.45, 7) is 3.78. The summed E-state index contributed by atoms with van der Waals surface area (Å²) >= 11 is 0. The van der Waals surface area contributed by atoms with Crippen LogP contribution >= 0.6 is 0 Å². The molecule has 1 aromatic heterocycles. The van der Waals surface area contributed by atoms with Gasteiger partial charge in [0, 0.05) is 23.0 Å². The van der Waals surface area contributed by atoms with Gasteiger partial charge in [0.25, 0.3) is 5.91 Å². The van der Waals surface area contributed by atoms with Gasteiger partial charge in [-0.05, 0) is 37.6 Å². The van der Waals surface area contributed by atoms with E-state index < -0.39 is 0 Å². The summed E-state index contributed by atoms with van der Waals surface area (Å²) in [5.74, 6) is 5.21. The maximum Gasteiger partial charge on any atom is 0.252 e. The molecule has 1 heterocycles. The van der Waals surface area contributed by atoms with E-state index in [1.807, 2.05) is 19.9 Å². The average Bonchev–Trinajstić information content (AvgIpc) is 2.92. The number of aromatic nitrogens is 2. The monoisotopic (exact) mass is 259 g/mol. The zero-order valence-electron chi connectivity index (χ0n) is 10.9. The minimum absolute atomic E-state index is 0.0991. The maximum atomic E-state index is 12.2. The van der Waals surface area contributed by atoms with Crippen molar-refractivity contribution in [2.24, 2.45) is 5.84 Å². The predicted molar refractivity (Wildman–Crippen MR) is 73.5 cm³/mol. The van der Waals surface area contributed by atoms with Gasteiger partial charge in [0.2, 0.25) is 0 Å². The Kier molecular flexibility index (Phi) is 3.82. The lowest BCUT2D eigenvalue weighted by Gasteiger charge is -2.14. The van der Waals surface area contributed by atoms with E-state index in [9.17, 15) is 4.79 Å². The fraction of sp³-hybridized carbons (Fsp3) is 0.231. The number of hydrazine groups is 1. The van der Waals surface area contributed by atoms with Crippen LogP contribution in [0.1, 0.15) is 34.5 Å². The summed E-state index contributed by atoms with van der Waals surface area (Å²) in [7, 11) is 0. The highest BCUT2D eigenvalue weighted by Gasteiger charge is 2.14. The second kappa shape index (κ2) is 5.53. The van der Waals surface area contributed by atoms with Crippen molar-refractivity contribution in [3.8, 4) is 0 Å². The standard InChI is InChI=1S/C13H17N5O/c1-8-5-11(18-14)3-4-12(8)13(19)17-9(2)10-6-15-16-7-10/h3-7,9,18H,14H2,1-2H3,(H,15,16)(H,17,19). The Balaban J connectivity index is 2.12. The fourth-order valence-electron chi connectivity index (χ4n) is 1.86. The van der Waals surface area contributed by atoms with Crippen LogP contribution in [0.25, 0.3) is 0 Å². The SMILES string of the molecule is Cc1cc(NN)ccc1C(=O)NC(C)c1cn[nH]c1. The quantitative estimate of drug-likeness (QED) is 0.494. The number of rotatable bonds is 4. The van der Waals surface area contributed by atoms with Gasteiger partial charge in [-0.2, -0.15) is 5.10 Å². The maximum absolute atomic E-state index is 12.2. The third-order valence-electron chi connectivity index (χ3n) is 3.00. The lowest BCUT2D eigenvalue weighted by Crippen LogP contribution is -2.27. The number of aromatic amines is 1. The molecule has 0 bridgehead atoms. The molecule has 1 amide bonds. The summed E-state index contributed by atoms with van der Waals surface area (Å²) < 4.78 is 0. The highest BCUT2D eigenvalue weighted by molar-refractivity contribution is 5.96. The van der Waals surface area contributed by atoms with Crippen LogP contribution in [-0.4, -0.2) is 16.1 Å².